The first-order valence-corrected chi connectivity index (χ1v) is 5.14. The van der Waals surface area contributed by atoms with Crippen LogP contribution >= 0.6 is 7.82 Å². The molecule has 5 nitrogen and oxygen atoms in total. The molecule has 0 aromatic carbocycles. The number of rotatable bonds is 0. The molecule has 0 aliphatic carbocycles. The van der Waals surface area contributed by atoms with E-state index in [1.807, 2.05) is 0 Å². The second kappa shape index (κ2) is 16.7. The van der Waals surface area contributed by atoms with Gasteiger partial charge in [0.1, 0.15) is 0 Å². The van der Waals surface area contributed by atoms with Crippen molar-refractivity contribution in [2.24, 2.45) is 0 Å². The Bertz CT molecular complexity index is 124. The molecule has 12 heavy (non-hydrogen) atoms. The average Bonchev–Trinajstić information content (AvgIpc) is 1.19. The van der Waals surface area contributed by atoms with Gasteiger partial charge in [0.15, 0.2) is 0 Å². The van der Waals surface area contributed by atoms with E-state index in [1.54, 1.807) is 12.5 Å². The van der Waals surface area contributed by atoms with Crippen LogP contribution < -0.4 is 103 Å². The van der Waals surface area contributed by atoms with Gasteiger partial charge in [-0.05, 0) is 0 Å². The Hall–Kier alpha value is 3.26. The molecule has 0 heterocycles. The zero-order valence-electron chi connectivity index (χ0n) is 7.90. The third kappa shape index (κ3) is 188. The van der Waals surface area contributed by atoms with Gasteiger partial charge in [-0.25, -0.2) is 0 Å². The van der Waals surface area contributed by atoms with Crippen molar-refractivity contribution in [3.8, 4) is 0 Å². The standard InChI is InChI=1S/C2H6OS.3Na.H3O4P/c1-4(2)3;;;;1-5(2,3)4/h1-2H3;;;;(H3,1,2,3,4)/q;3*+1;/p-3. The Kier molecular flexibility index (Phi) is 41.0. The van der Waals surface area contributed by atoms with Gasteiger partial charge >= 0.3 is 88.7 Å². The Morgan fingerprint density at radius 1 is 1.00 bits per heavy atom. The molecule has 0 aromatic heterocycles. The molecule has 0 aromatic rings. The molecular formula is C2H6Na3O5PS. The molecule has 0 unspecified atom stereocenters. The predicted molar refractivity (Wildman–Crippen MR) is 27.6 cm³/mol. The second-order valence-corrected chi connectivity index (χ2v) is 3.57. The quantitative estimate of drug-likeness (QED) is 0.310. The van der Waals surface area contributed by atoms with E-state index >= 15 is 0 Å². The van der Waals surface area contributed by atoms with Gasteiger partial charge in [0.05, 0.1) is 0 Å². The van der Waals surface area contributed by atoms with Crippen LogP contribution in [-0.4, -0.2) is 16.7 Å². The van der Waals surface area contributed by atoms with Crippen molar-refractivity contribution in [3.05, 3.63) is 0 Å². The summed E-state index contributed by atoms with van der Waals surface area (Å²) in [4.78, 5) is 25.6. The van der Waals surface area contributed by atoms with E-state index in [0.717, 1.165) is 0 Å². The molecule has 58 valence electrons. The molecule has 0 saturated carbocycles. The van der Waals surface area contributed by atoms with Crippen LogP contribution in [0.4, 0.5) is 0 Å². The molecule has 10 heteroatoms. The largest absolute Gasteiger partial charge is 1.00 e. The first-order chi connectivity index (χ1) is 3.73. The van der Waals surface area contributed by atoms with Crippen LogP contribution in [0, 0.1) is 0 Å². The van der Waals surface area contributed by atoms with Crippen molar-refractivity contribution in [2.75, 3.05) is 12.5 Å². The van der Waals surface area contributed by atoms with Gasteiger partial charge in [0, 0.05) is 23.3 Å². The number of phosphoric acid groups is 1. The topological polar surface area (TPSA) is 103 Å². The van der Waals surface area contributed by atoms with Crippen LogP contribution in [0.15, 0.2) is 0 Å². The minimum absolute atomic E-state index is 0. The fraction of sp³-hybridized carbons (Fsp3) is 1.00. The number of hydrogen-bond donors (Lipinski definition) is 0. The van der Waals surface area contributed by atoms with Crippen LogP contribution in [0.25, 0.3) is 0 Å². The molecule has 0 aliphatic rings. The normalized spacial score (nSPS) is 7.83. The zero-order chi connectivity index (χ0) is 8.08. The van der Waals surface area contributed by atoms with Crippen molar-refractivity contribution in [2.45, 2.75) is 0 Å². The maximum absolute atomic E-state index is 9.56. The first kappa shape index (κ1) is 29.5. The second-order valence-electron chi connectivity index (χ2n) is 1.19. The van der Waals surface area contributed by atoms with E-state index in [-0.39, 0.29) is 88.7 Å². The summed E-state index contributed by atoms with van der Waals surface area (Å²) in [7, 11) is -6.00. The van der Waals surface area contributed by atoms with E-state index < -0.39 is 18.6 Å². The average molecular weight is 242 g/mol. The van der Waals surface area contributed by atoms with Crippen molar-refractivity contribution in [1.29, 1.82) is 0 Å². The molecule has 0 atom stereocenters. The maximum atomic E-state index is 9.56. The van der Waals surface area contributed by atoms with Gasteiger partial charge in [0.25, 0.3) is 0 Å². The molecular weight excluding hydrogens is 236 g/mol. The van der Waals surface area contributed by atoms with E-state index in [4.69, 9.17) is 19.2 Å². The Morgan fingerprint density at radius 3 is 1.00 bits per heavy atom. The predicted octanol–water partition coefficient (Wildman–Crippen LogP) is -11.8. The monoisotopic (exact) mass is 242 g/mol. The SMILES string of the molecule is CS(C)=O.O=P([O-])([O-])[O-].[Na+].[Na+].[Na+]. The van der Waals surface area contributed by atoms with Crippen molar-refractivity contribution in [1.82, 2.24) is 0 Å². The molecule has 0 N–H and O–H groups in total. The van der Waals surface area contributed by atoms with Crippen molar-refractivity contribution >= 4 is 18.6 Å². The van der Waals surface area contributed by atoms with Gasteiger partial charge < -0.3 is 19.2 Å². The van der Waals surface area contributed by atoms with Gasteiger partial charge in [-0.3, -0.25) is 4.21 Å². The summed E-state index contributed by atoms with van der Waals surface area (Å²) < 4.78 is 18.1. The Balaban J connectivity index is -0.0000000221. The molecule has 0 saturated heterocycles. The van der Waals surface area contributed by atoms with E-state index in [0.29, 0.717) is 0 Å². The van der Waals surface area contributed by atoms with Gasteiger partial charge in [-0.1, -0.05) is 0 Å². The minimum atomic E-state index is -5.39. The minimum Gasteiger partial charge on any atom is -0.822 e. The molecule has 0 fully saturated rings. The van der Waals surface area contributed by atoms with Crippen LogP contribution in [0.3, 0.4) is 0 Å². The molecule has 0 bridgehead atoms. The fourth-order valence-corrected chi connectivity index (χ4v) is 0. The summed E-state index contributed by atoms with van der Waals surface area (Å²) in [5.74, 6) is 0. The van der Waals surface area contributed by atoms with Crippen LogP contribution in [-0.2, 0) is 15.4 Å². The summed E-state index contributed by atoms with van der Waals surface area (Å²) in [5, 5.41) is 0. The summed E-state index contributed by atoms with van der Waals surface area (Å²) in [6.45, 7) is 0. The van der Waals surface area contributed by atoms with Gasteiger partial charge in [-0.2, -0.15) is 7.82 Å². The first-order valence-electron chi connectivity index (χ1n) is 1.71. The van der Waals surface area contributed by atoms with Gasteiger partial charge in [-0.15, -0.1) is 0 Å². The Morgan fingerprint density at radius 2 is 1.00 bits per heavy atom. The number of hydrogen-bond acceptors (Lipinski definition) is 5. The van der Waals surface area contributed by atoms with E-state index in [2.05, 4.69) is 0 Å². The third-order valence-electron chi connectivity index (χ3n) is 0. The molecule has 0 rings (SSSR count). The molecule has 0 aliphatic heterocycles. The molecule has 0 spiro atoms. The summed E-state index contributed by atoms with van der Waals surface area (Å²) >= 11 is 0. The van der Waals surface area contributed by atoms with Crippen LogP contribution in [0.5, 0.6) is 0 Å². The summed E-state index contributed by atoms with van der Waals surface area (Å²) in [6, 6.07) is 0. The van der Waals surface area contributed by atoms with Gasteiger partial charge in [0.2, 0.25) is 0 Å². The fourth-order valence-electron chi connectivity index (χ4n) is 0. The molecule has 0 amide bonds. The van der Waals surface area contributed by atoms with E-state index in [1.165, 1.54) is 0 Å². The molecule has 0 radical (unpaired) electrons. The van der Waals surface area contributed by atoms with Crippen molar-refractivity contribution < 1.29 is 112 Å². The third-order valence-corrected chi connectivity index (χ3v) is 0. The summed E-state index contributed by atoms with van der Waals surface area (Å²) in [5.41, 5.74) is 0. The smallest absolute Gasteiger partial charge is 0.822 e. The van der Waals surface area contributed by atoms with Crippen LogP contribution in [0.2, 0.25) is 0 Å². The van der Waals surface area contributed by atoms with Crippen molar-refractivity contribution in [3.63, 3.8) is 0 Å². The Labute approximate surface area is 141 Å². The zero-order valence-corrected chi connectivity index (χ0v) is 15.6. The van der Waals surface area contributed by atoms with Crippen LogP contribution in [0.1, 0.15) is 0 Å². The summed E-state index contributed by atoms with van der Waals surface area (Å²) in [6.07, 6.45) is 3.28. The maximum Gasteiger partial charge on any atom is 1.00 e. The van der Waals surface area contributed by atoms with E-state index in [9.17, 15) is 4.21 Å².